The molecule has 0 aliphatic carbocycles. The van der Waals surface area contributed by atoms with Crippen molar-refractivity contribution < 1.29 is 14.3 Å². The molecule has 6 nitrogen and oxygen atoms in total. The quantitative estimate of drug-likeness (QED) is 0.844. The molecule has 2 unspecified atom stereocenters. The number of hydrogen-bond acceptors (Lipinski definition) is 6. The lowest BCUT2D eigenvalue weighted by molar-refractivity contribution is -0.130. The van der Waals surface area contributed by atoms with Crippen LogP contribution in [0.3, 0.4) is 0 Å². The zero-order valence-corrected chi connectivity index (χ0v) is 16.1. The molecular formula is C20H23N3O3S. The maximum atomic E-state index is 11.5. The number of likely N-dealkylation sites (tertiary alicyclic amines) is 1. The fraction of sp³-hybridized carbons (Fsp3) is 0.500. The molecule has 1 amide bonds. The van der Waals surface area contributed by atoms with Gasteiger partial charge in [0.1, 0.15) is 0 Å². The normalized spacial score (nSPS) is 25.8. The summed E-state index contributed by atoms with van der Waals surface area (Å²) in [7, 11) is 0. The van der Waals surface area contributed by atoms with Crippen molar-refractivity contribution in [2.75, 3.05) is 13.1 Å². The minimum Gasteiger partial charge on any atom is -0.372 e. The summed E-state index contributed by atoms with van der Waals surface area (Å²) in [6.45, 7) is 4.10. The van der Waals surface area contributed by atoms with Gasteiger partial charge in [0.15, 0.2) is 6.29 Å². The van der Waals surface area contributed by atoms with Crippen molar-refractivity contribution in [2.24, 2.45) is 5.92 Å². The van der Waals surface area contributed by atoms with Gasteiger partial charge in [0.05, 0.1) is 35.9 Å². The Balaban J connectivity index is 1.35. The molecule has 142 valence electrons. The Hall–Kier alpha value is -2.01. The SMILES string of the molecule is CC(=O)N1CCC(C2NC(C3OCc4cccc(C#N)c4CO3)=CS2)CC1. The number of rotatable bonds is 2. The summed E-state index contributed by atoms with van der Waals surface area (Å²) in [5.74, 6) is 0.684. The largest absolute Gasteiger partial charge is 0.372 e. The second kappa shape index (κ2) is 7.93. The molecule has 0 spiro atoms. The Bertz CT molecular complexity index is 796. The molecule has 7 heteroatoms. The molecule has 1 aromatic rings. The van der Waals surface area contributed by atoms with Crippen LogP contribution in [-0.2, 0) is 27.5 Å². The first kappa shape index (κ1) is 18.4. The molecule has 1 fully saturated rings. The van der Waals surface area contributed by atoms with E-state index in [-0.39, 0.29) is 5.91 Å². The Labute approximate surface area is 163 Å². The summed E-state index contributed by atoms with van der Waals surface area (Å²) < 4.78 is 11.9. The van der Waals surface area contributed by atoms with E-state index < -0.39 is 6.29 Å². The monoisotopic (exact) mass is 385 g/mol. The van der Waals surface area contributed by atoms with Gasteiger partial charge in [-0.25, -0.2) is 0 Å². The van der Waals surface area contributed by atoms with Gasteiger partial charge in [-0.15, -0.1) is 11.8 Å². The molecule has 3 aliphatic rings. The Morgan fingerprint density at radius 2 is 2.07 bits per heavy atom. The van der Waals surface area contributed by atoms with Crippen LogP contribution in [0.25, 0.3) is 0 Å². The number of carbonyl (C=O) groups is 1. The second-order valence-corrected chi connectivity index (χ2v) is 8.14. The molecule has 0 radical (unpaired) electrons. The van der Waals surface area contributed by atoms with Crippen molar-refractivity contribution in [3.8, 4) is 6.07 Å². The summed E-state index contributed by atoms with van der Waals surface area (Å²) in [5, 5.41) is 15.2. The Morgan fingerprint density at radius 3 is 2.81 bits per heavy atom. The number of carbonyl (C=O) groups excluding carboxylic acids is 1. The van der Waals surface area contributed by atoms with Gasteiger partial charge < -0.3 is 19.7 Å². The fourth-order valence-corrected chi connectivity index (χ4v) is 5.02. The van der Waals surface area contributed by atoms with E-state index >= 15 is 0 Å². The van der Waals surface area contributed by atoms with Crippen LogP contribution in [-0.4, -0.2) is 35.6 Å². The molecule has 27 heavy (non-hydrogen) atoms. The van der Waals surface area contributed by atoms with E-state index in [0.717, 1.165) is 42.8 Å². The zero-order valence-electron chi connectivity index (χ0n) is 15.3. The number of amides is 1. The van der Waals surface area contributed by atoms with Gasteiger partial charge in [0, 0.05) is 25.6 Å². The summed E-state index contributed by atoms with van der Waals surface area (Å²) in [5.41, 5.74) is 3.53. The minimum absolute atomic E-state index is 0.163. The molecule has 2 atom stereocenters. The zero-order chi connectivity index (χ0) is 18.8. The number of piperidine rings is 1. The highest BCUT2D eigenvalue weighted by Gasteiger charge is 2.33. The molecule has 0 saturated carbocycles. The van der Waals surface area contributed by atoms with E-state index in [9.17, 15) is 10.1 Å². The van der Waals surface area contributed by atoms with Crippen LogP contribution in [0.2, 0.25) is 0 Å². The van der Waals surface area contributed by atoms with E-state index in [1.165, 1.54) is 0 Å². The van der Waals surface area contributed by atoms with E-state index in [2.05, 4.69) is 16.8 Å². The van der Waals surface area contributed by atoms with Gasteiger partial charge in [-0.1, -0.05) is 12.1 Å². The molecule has 4 rings (SSSR count). The number of nitrogens with zero attached hydrogens (tertiary/aromatic N) is 2. The highest BCUT2D eigenvalue weighted by atomic mass is 32.2. The molecular weight excluding hydrogens is 362 g/mol. The number of nitrogens with one attached hydrogen (secondary N) is 1. The number of thioether (sulfide) groups is 1. The fourth-order valence-electron chi connectivity index (χ4n) is 3.85. The van der Waals surface area contributed by atoms with E-state index in [1.807, 2.05) is 23.1 Å². The van der Waals surface area contributed by atoms with Crippen LogP contribution in [0.5, 0.6) is 0 Å². The van der Waals surface area contributed by atoms with Crippen molar-refractivity contribution >= 4 is 17.7 Å². The summed E-state index contributed by atoms with van der Waals surface area (Å²) in [6.07, 6.45) is 1.57. The molecule has 3 heterocycles. The van der Waals surface area contributed by atoms with Crippen molar-refractivity contribution in [2.45, 2.75) is 44.6 Å². The van der Waals surface area contributed by atoms with Crippen LogP contribution in [0.15, 0.2) is 29.3 Å². The van der Waals surface area contributed by atoms with Crippen LogP contribution in [0.4, 0.5) is 0 Å². The topological polar surface area (TPSA) is 74.6 Å². The maximum Gasteiger partial charge on any atom is 0.219 e. The summed E-state index contributed by atoms with van der Waals surface area (Å²) in [4.78, 5) is 13.4. The number of hydrogen-bond donors (Lipinski definition) is 1. The van der Waals surface area contributed by atoms with Gasteiger partial charge in [-0.2, -0.15) is 5.26 Å². The van der Waals surface area contributed by atoms with Crippen LogP contribution in [0.1, 0.15) is 36.5 Å². The first-order valence-electron chi connectivity index (χ1n) is 9.27. The van der Waals surface area contributed by atoms with Gasteiger partial charge in [0.2, 0.25) is 5.91 Å². The molecule has 1 aromatic carbocycles. The lowest BCUT2D eigenvalue weighted by Crippen LogP contribution is -2.42. The molecule has 3 aliphatic heterocycles. The predicted molar refractivity (Wildman–Crippen MR) is 102 cm³/mol. The van der Waals surface area contributed by atoms with Crippen molar-refractivity contribution in [3.63, 3.8) is 0 Å². The lowest BCUT2D eigenvalue weighted by atomic mass is 9.96. The molecule has 1 saturated heterocycles. The predicted octanol–water partition coefficient (Wildman–Crippen LogP) is 2.69. The summed E-state index contributed by atoms with van der Waals surface area (Å²) in [6, 6.07) is 7.91. The highest BCUT2D eigenvalue weighted by Crippen LogP contribution is 2.35. The number of nitriles is 1. The Kier molecular flexibility index (Phi) is 5.39. The average molecular weight is 385 g/mol. The van der Waals surface area contributed by atoms with Crippen LogP contribution >= 0.6 is 11.8 Å². The third-order valence-corrected chi connectivity index (χ3v) is 6.67. The summed E-state index contributed by atoms with van der Waals surface area (Å²) >= 11 is 1.77. The van der Waals surface area contributed by atoms with Gasteiger partial charge >= 0.3 is 0 Å². The minimum atomic E-state index is -0.446. The maximum absolute atomic E-state index is 11.5. The third-order valence-electron chi connectivity index (χ3n) is 5.48. The van der Waals surface area contributed by atoms with E-state index in [1.54, 1.807) is 18.7 Å². The first-order chi connectivity index (χ1) is 13.2. The molecule has 1 N–H and O–H groups in total. The average Bonchev–Trinajstić information content (AvgIpc) is 3.08. The van der Waals surface area contributed by atoms with Crippen LogP contribution < -0.4 is 5.32 Å². The molecule has 0 bridgehead atoms. The van der Waals surface area contributed by atoms with Gasteiger partial charge in [-0.3, -0.25) is 4.79 Å². The number of fused-ring (bicyclic) bond motifs is 1. The second-order valence-electron chi connectivity index (χ2n) is 7.13. The first-order valence-corrected chi connectivity index (χ1v) is 10.2. The number of benzene rings is 1. The van der Waals surface area contributed by atoms with Crippen molar-refractivity contribution in [1.82, 2.24) is 10.2 Å². The van der Waals surface area contributed by atoms with Crippen LogP contribution in [0, 0.1) is 17.2 Å². The van der Waals surface area contributed by atoms with E-state index in [4.69, 9.17) is 9.47 Å². The smallest absolute Gasteiger partial charge is 0.219 e. The molecule has 0 aromatic heterocycles. The van der Waals surface area contributed by atoms with E-state index in [0.29, 0.717) is 30.1 Å². The Morgan fingerprint density at radius 1 is 1.30 bits per heavy atom. The van der Waals surface area contributed by atoms with Crippen molar-refractivity contribution in [1.29, 1.82) is 5.26 Å². The number of ether oxygens (including phenoxy) is 2. The van der Waals surface area contributed by atoms with Gasteiger partial charge in [-0.05, 0) is 35.8 Å². The van der Waals surface area contributed by atoms with Gasteiger partial charge in [0.25, 0.3) is 0 Å². The lowest BCUT2D eigenvalue weighted by Gasteiger charge is -2.34. The third kappa shape index (κ3) is 3.84. The van der Waals surface area contributed by atoms with Crippen molar-refractivity contribution in [3.05, 3.63) is 46.0 Å². The highest BCUT2D eigenvalue weighted by molar-refractivity contribution is 8.03. The standard InChI is InChI=1S/C20H23N3O3S/c1-13(24)23-7-5-14(6-8-23)19-22-18(12-27-19)20-25-10-16-4-2-3-15(9-21)17(16)11-26-20/h2-4,12,14,19-20,22H,5-8,10-11H2,1H3.